The van der Waals surface area contributed by atoms with Crippen LogP contribution in [0.25, 0.3) is 5.76 Å². The Morgan fingerprint density at radius 2 is 1.73 bits per heavy atom. The fraction of sp³-hybridized carbons (Fsp3) is 0.200. The molecule has 134 valence electrons. The van der Waals surface area contributed by atoms with Crippen LogP contribution in [0.5, 0.6) is 11.5 Å². The van der Waals surface area contributed by atoms with Gasteiger partial charge in [0.15, 0.2) is 0 Å². The Morgan fingerprint density at radius 3 is 2.35 bits per heavy atom. The summed E-state index contributed by atoms with van der Waals surface area (Å²) < 4.78 is 10.5. The molecule has 1 saturated heterocycles. The molecule has 1 aliphatic rings. The van der Waals surface area contributed by atoms with Gasteiger partial charge in [0.25, 0.3) is 11.7 Å². The maximum atomic E-state index is 12.4. The SMILES string of the molecule is COc1ccc([C@@H]2NC(=O)C(=O)C2=C(O)c2ccc(C)cc2)c(OC)c1. The topological polar surface area (TPSA) is 84.9 Å². The molecule has 6 nitrogen and oxygen atoms in total. The zero-order chi connectivity index (χ0) is 18.8. The van der Waals surface area contributed by atoms with Crippen LogP contribution in [0.2, 0.25) is 0 Å². The first kappa shape index (κ1) is 17.5. The number of carbonyl (C=O) groups is 2. The third-order valence-electron chi connectivity index (χ3n) is 4.35. The average molecular weight is 353 g/mol. The fourth-order valence-electron chi connectivity index (χ4n) is 2.92. The van der Waals surface area contributed by atoms with Gasteiger partial charge in [-0.05, 0) is 19.1 Å². The minimum absolute atomic E-state index is 0.00215. The number of hydrogen-bond acceptors (Lipinski definition) is 5. The molecule has 26 heavy (non-hydrogen) atoms. The van der Waals surface area contributed by atoms with Gasteiger partial charge in [-0.1, -0.05) is 29.8 Å². The second-order valence-electron chi connectivity index (χ2n) is 5.97. The molecule has 0 radical (unpaired) electrons. The van der Waals surface area contributed by atoms with Crippen LogP contribution in [0, 0.1) is 6.92 Å². The summed E-state index contributed by atoms with van der Waals surface area (Å²) in [7, 11) is 3.02. The zero-order valence-corrected chi connectivity index (χ0v) is 14.7. The number of hydrogen-bond donors (Lipinski definition) is 2. The van der Waals surface area contributed by atoms with E-state index in [2.05, 4.69) is 5.32 Å². The van der Waals surface area contributed by atoms with Gasteiger partial charge in [0.2, 0.25) is 0 Å². The smallest absolute Gasteiger partial charge is 0.293 e. The molecule has 0 aromatic heterocycles. The van der Waals surface area contributed by atoms with E-state index >= 15 is 0 Å². The summed E-state index contributed by atoms with van der Waals surface area (Å²) in [6, 6.07) is 11.3. The van der Waals surface area contributed by atoms with Crippen LogP contribution in [-0.4, -0.2) is 31.0 Å². The van der Waals surface area contributed by atoms with Gasteiger partial charge < -0.3 is 19.9 Å². The summed E-state index contributed by atoms with van der Waals surface area (Å²) in [6.45, 7) is 1.92. The Labute approximate surface area is 151 Å². The van der Waals surface area contributed by atoms with Crippen molar-refractivity contribution in [3.63, 3.8) is 0 Å². The molecule has 0 spiro atoms. The number of rotatable bonds is 4. The van der Waals surface area contributed by atoms with Crippen LogP contribution in [-0.2, 0) is 9.59 Å². The predicted octanol–water partition coefficient (Wildman–Crippen LogP) is 2.72. The molecule has 0 aliphatic carbocycles. The fourth-order valence-corrected chi connectivity index (χ4v) is 2.92. The van der Waals surface area contributed by atoms with E-state index in [9.17, 15) is 14.7 Å². The second kappa shape index (κ2) is 6.92. The number of ether oxygens (including phenoxy) is 2. The van der Waals surface area contributed by atoms with Crippen LogP contribution in [0.3, 0.4) is 0 Å². The van der Waals surface area contributed by atoms with E-state index in [1.807, 2.05) is 19.1 Å². The van der Waals surface area contributed by atoms with Crippen LogP contribution in [0.4, 0.5) is 0 Å². The first-order chi connectivity index (χ1) is 12.5. The standard InChI is InChI=1S/C20H19NO5/c1-11-4-6-12(7-5-11)18(22)16-17(21-20(24)19(16)23)14-9-8-13(25-2)10-15(14)26-3/h4-10,17,22H,1-3H3,(H,21,24)/t17-/m0/s1. The highest BCUT2D eigenvalue weighted by molar-refractivity contribution is 6.46. The van der Waals surface area contributed by atoms with Crippen molar-refractivity contribution in [1.82, 2.24) is 5.32 Å². The van der Waals surface area contributed by atoms with Crippen molar-refractivity contribution < 1.29 is 24.2 Å². The summed E-state index contributed by atoms with van der Waals surface area (Å²) in [4.78, 5) is 24.4. The van der Waals surface area contributed by atoms with E-state index in [0.29, 0.717) is 22.6 Å². The molecule has 1 amide bonds. The number of aryl methyl sites for hydroxylation is 1. The van der Waals surface area contributed by atoms with Gasteiger partial charge in [-0.15, -0.1) is 0 Å². The van der Waals surface area contributed by atoms with Crippen molar-refractivity contribution in [2.75, 3.05) is 14.2 Å². The molecule has 2 N–H and O–H groups in total. The summed E-state index contributed by atoms with van der Waals surface area (Å²) in [5.74, 6) is -0.725. The van der Waals surface area contributed by atoms with Crippen molar-refractivity contribution >= 4 is 17.4 Å². The third-order valence-corrected chi connectivity index (χ3v) is 4.35. The van der Waals surface area contributed by atoms with Gasteiger partial charge in [0.1, 0.15) is 17.3 Å². The molecule has 1 atom stereocenters. The first-order valence-corrected chi connectivity index (χ1v) is 8.03. The minimum Gasteiger partial charge on any atom is -0.507 e. The Balaban J connectivity index is 2.14. The number of nitrogens with one attached hydrogen (secondary N) is 1. The molecular weight excluding hydrogens is 334 g/mol. The maximum Gasteiger partial charge on any atom is 0.293 e. The van der Waals surface area contributed by atoms with Crippen molar-refractivity contribution in [3.8, 4) is 11.5 Å². The molecule has 1 heterocycles. The highest BCUT2D eigenvalue weighted by Gasteiger charge is 2.40. The van der Waals surface area contributed by atoms with Crippen molar-refractivity contribution in [2.45, 2.75) is 13.0 Å². The van der Waals surface area contributed by atoms with Gasteiger partial charge in [0, 0.05) is 17.2 Å². The molecule has 1 fully saturated rings. The summed E-state index contributed by atoms with van der Waals surface area (Å²) in [6.07, 6.45) is 0. The summed E-state index contributed by atoms with van der Waals surface area (Å²) in [5.41, 5.74) is 2.04. The summed E-state index contributed by atoms with van der Waals surface area (Å²) >= 11 is 0. The number of Topliss-reactive ketones (excluding diaryl/α,β-unsaturated/α-hetero) is 1. The number of ketones is 1. The predicted molar refractivity (Wildman–Crippen MR) is 96.2 cm³/mol. The molecule has 3 rings (SSSR count). The van der Waals surface area contributed by atoms with Crippen molar-refractivity contribution in [2.24, 2.45) is 0 Å². The number of benzene rings is 2. The van der Waals surface area contributed by atoms with Gasteiger partial charge in [-0.25, -0.2) is 0 Å². The largest absolute Gasteiger partial charge is 0.507 e. The van der Waals surface area contributed by atoms with Gasteiger partial charge in [-0.3, -0.25) is 9.59 Å². The van der Waals surface area contributed by atoms with E-state index in [1.165, 1.54) is 14.2 Å². The number of methoxy groups -OCH3 is 2. The normalized spacial score (nSPS) is 18.5. The quantitative estimate of drug-likeness (QED) is 0.502. The number of carbonyl (C=O) groups excluding carboxylic acids is 2. The third kappa shape index (κ3) is 3.01. The Morgan fingerprint density at radius 1 is 1.04 bits per heavy atom. The molecule has 2 aromatic rings. The van der Waals surface area contributed by atoms with Crippen LogP contribution in [0.15, 0.2) is 48.0 Å². The zero-order valence-electron chi connectivity index (χ0n) is 14.7. The molecule has 6 heteroatoms. The van der Waals surface area contributed by atoms with E-state index in [-0.39, 0.29) is 11.3 Å². The highest BCUT2D eigenvalue weighted by Crippen LogP contribution is 2.38. The summed E-state index contributed by atoms with van der Waals surface area (Å²) in [5, 5.41) is 13.3. The van der Waals surface area contributed by atoms with Crippen LogP contribution >= 0.6 is 0 Å². The Kier molecular flexibility index (Phi) is 4.67. The molecule has 1 aliphatic heterocycles. The van der Waals surface area contributed by atoms with E-state index in [4.69, 9.17) is 9.47 Å². The van der Waals surface area contributed by atoms with E-state index in [1.54, 1.807) is 30.3 Å². The molecule has 0 unspecified atom stereocenters. The lowest BCUT2D eigenvalue weighted by Crippen LogP contribution is -2.21. The first-order valence-electron chi connectivity index (χ1n) is 8.03. The van der Waals surface area contributed by atoms with Crippen molar-refractivity contribution in [1.29, 1.82) is 0 Å². The van der Waals surface area contributed by atoms with Crippen LogP contribution in [0.1, 0.15) is 22.7 Å². The molecule has 2 aromatic carbocycles. The number of aliphatic hydroxyl groups excluding tert-OH is 1. The van der Waals surface area contributed by atoms with E-state index in [0.717, 1.165) is 5.56 Å². The lowest BCUT2D eigenvalue weighted by atomic mass is 9.95. The van der Waals surface area contributed by atoms with Gasteiger partial charge >= 0.3 is 0 Å². The number of amides is 1. The van der Waals surface area contributed by atoms with Crippen molar-refractivity contribution in [3.05, 3.63) is 64.7 Å². The molecular formula is C20H19NO5. The lowest BCUT2D eigenvalue weighted by Gasteiger charge is -2.17. The number of aliphatic hydroxyl groups is 1. The second-order valence-corrected chi connectivity index (χ2v) is 5.97. The van der Waals surface area contributed by atoms with E-state index < -0.39 is 17.7 Å². The Bertz CT molecular complexity index is 899. The minimum atomic E-state index is -0.808. The monoisotopic (exact) mass is 353 g/mol. The lowest BCUT2D eigenvalue weighted by molar-refractivity contribution is -0.133. The maximum absolute atomic E-state index is 12.4. The van der Waals surface area contributed by atoms with Gasteiger partial charge in [0.05, 0.1) is 25.8 Å². The van der Waals surface area contributed by atoms with Gasteiger partial charge in [-0.2, -0.15) is 0 Å². The molecule has 0 bridgehead atoms. The average Bonchev–Trinajstić information content (AvgIpc) is 2.95. The van der Waals surface area contributed by atoms with Crippen LogP contribution < -0.4 is 14.8 Å². The Hall–Kier alpha value is -3.28. The highest BCUT2D eigenvalue weighted by atomic mass is 16.5. The molecule has 0 saturated carbocycles.